The summed E-state index contributed by atoms with van der Waals surface area (Å²) < 4.78 is 7.32. The van der Waals surface area contributed by atoms with Crippen molar-refractivity contribution in [2.75, 3.05) is 0 Å². The van der Waals surface area contributed by atoms with Crippen LogP contribution in [0.15, 0.2) is 237 Å². The number of hydrogen-bond acceptors (Lipinski definition) is 2. The summed E-state index contributed by atoms with van der Waals surface area (Å²) in [5.41, 5.74) is 11.7. The van der Waals surface area contributed by atoms with Crippen LogP contribution in [-0.4, -0.2) is 23.7 Å². The van der Waals surface area contributed by atoms with E-state index in [1.807, 2.05) is 18.3 Å². The second-order valence-corrected chi connectivity index (χ2v) is 18.1. The number of aromatic nitrogens is 5. The van der Waals surface area contributed by atoms with E-state index in [9.17, 15) is 0 Å². The van der Waals surface area contributed by atoms with E-state index >= 15 is 0 Å². The van der Waals surface area contributed by atoms with Gasteiger partial charge in [0.05, 0.1) is 44.5 Å². The van der Waals surface area contributed by atoms with Crippen LogP contribution in [0.5, 0.6) is 0 Å². The van der Waals surface area contributed by atoms with E-state index in [0.717, 1.165) is 72.8 Å². The molecule has 10 aromatic carbocycles. The Morgan fingerprint density at radius 3 is 1.25 bits per heavy atom. The largest absolute Gasteiger partial charge is 0.305 e. The van der Waals surface area contributed by atoms with Gasteiger partial charge in [-0.1, -0.05) is 176 Å². The lowest BCUT2D eigenvalue weighted by atomic mass is 10.0. The van der Waals surface area contributed by atoms with Gasteiger partial charge >= 0.3 is 0 Å². The molecular weight excluding hydrogens is 839 g/mol. The normalized spacial score (nSPS) is 12.1. The molecule has 0 saturated heterocycles. The first kappa shape index (κ1) is 37.9. The summed E-state index contributed by atoms with van der Waals surface area (Å²) in [6.07, 6.45) is 1.86. The maximum absolute atomic E-state index is 6.10. The van der Waals surface area contributed by atoms with E-state index in [4.69, 9.17) is 9.97 Å². The molecule has 0 spiro atoms. The van der Waals surface area contributed by atoms with Gasteiger partial charge in [-0.3, -0.25) is 14.1 Å². The van der Waals surface area contributed by atoms with Crippen molar-refractivity contribution in [1.82, 2.24) is 23.7 Å². The van der Waals surface area contributed by atoms with Crippen molar-refractivity contribution in [3.05, 3.63) is 237 Å². The van der Waals surface area contributed by atoms with Crippen molar-refractivity contribution in [1.29, 1.82) is 0 Å². The molecule has 0 aliphatic heterocycles. The second kappa shape index (κ2) is 14.6. The van der Waals surface area contributed by atoms with Crippen molar-refractivity contribution in [2.45, 2.75) is 0 Å². The Morgan fingerprint density at radius 1 is 0.304 bits per heavy atom. The zero-order valence-corrected chi connectivity index (χ0v) is 37.3. The van der Waals surface area contributed by atoms with Gasteiger partial charge in [0.2, 0.25) is 0 Å². The van der Waals surface area contributed by atoms with Crippen LogP contribution in [-0.2, 0) is 0 Å². The fourth-order valence-electron chi connectivity index (χ4n) is 11.5. The highest BCUT2D eigenvalue weighted by atomic mass is 15.2. The van der Waals surface area contributed by atoms with Crippen molar-refractivity contribution < 1.29 is 0 Å². The molecule has 0 bridgehead atoms. The molecule has 0 aliphatic rings. The zero-order chi connectivity index (χ0) is 45.2. The summed E-state index contributed by atoms with van der Waals surface area (Å²) in [5.74, 6) is 1.66. The first-order chi connectivity index (χ1) is 34.3. The van der Waals surface area contributed by atoms with E-state index in [2.05, 4.69) is 232 Å². The number of pyridine rings is 2. The minimum absolute atomic E-state index is 0.831. The molecule has 0 aliphatic carbocycles. The number of para-hydroxylation sites is 3. The Morgan fingerprint density at radius 2 is 0.725 bits per heavy atom. The highest BCUT2D eigenvalue weighted by Gasteiger charge is 2.27. The van der Waals surface area contributed by atoms with E-state index < -0.39 is 0 Å². The van der Waals surface area contributed by atoms with Crippen molar-refractivity contribution in [3.8, 4) is 39.7 Å². The van der Waals surface area contributed by atoms with Crippen LogP contribution >= 0.6 is 0 Å². The third-order valence-electron chi connectivity index (χ3n) is 14.5. The smallest absolute Gasteiger partial charge is 0.165 e. The quantitative estimate of drug-likeness (QED) is 0.173. The lowest BCUT2D eigenvalue weighted by Crippen LogP contribution is -2.11. The summed E-state index contributed by atoms with van der Waals surface area (Å²) >= 11 is 0. The van der Waals surface area contributed by atoms with Crippen molar-refractivity contribution in [2.24, 2.45) is 0 Å². The minimum atomic E-state index is 0.831. The standard InChI is InChI=1S/C64H39N5/c1-4-18-45-40(15-1)32-35-56-60(45)48-21-7-10-25-53(48)67(56)59-39-51(43-28-30-44(31-29-43)52-24-13-14-38-65-52)63(68-54-26-11-8-22-49(54)61-46-19-5-2-16-41(46)33-36-57(61)68)64(66-59)69-55-27-12-9-23-50(55)62-47-20-6-3-17-42(47)34-37-58(62)69/h1-39H. The Bertz CT molecular complexity index is 4590. The lowest BCUT2D eigenvalue weighted by Gasteiger charge is -2.22. The van der Waals surface area contributed by atoms with Crippen molar-refractivity contribution in [3.63, 3.8) is 0 Å². The molecule has 320 valence electrons. The van der Waals surface area contributed by atoms with Crippen LogP contribution in [0.2, 0.25) is 0 Å². The predicted molar refractivity (Wildman–Crippen MR) is 288 cm³/mol. The summed E-state index contributed by atoms with van der Waals surface area (Å²) in [4.78, 5) is 10.8. The van der Waals surface area contributed by atoms with Crippen LogP contribution in [0.1, 0.15) is 0 Å². The van der Waals surface area contributed by atoms with Crippen LogP contribution < -0.4 is 0 Å². The van der Waals surface area contributed by atoms with E-state index in [-0.39, 0.29) is 0 Å². The van der Waals surface area contributed by atoms with Crippen LogP contribution in [0.25, 0.3) is 137 Å². The molecule has 15 rings (SSSR count). The molecule has 5 heterocycles. The molecule has 0 radical (unpaired) electrons. The molecule has 5 nitrogen and oxygen atoms in total. The number of hydrogen-bond donors (Lipinski definition) is 0. The van der Waals surface area contributed by atoms with Crippen LogP contribution in [0, 0.1) is 0 Å². The van der Waals surface area contributed by atoms with Gasteiger partial charge < -0.3 is 4.57 Å². The summed E-state index contributed by atoms with van der Waals surface area (Å²) in [5, 5.41) is 14.5. The maximum atomic E-state index is 6.10. The molecule has 5 aromatic heterocycles. The number of benzene rings is 10. The summed E-state index contributed by atoms with van der Waals surface area (Å²) in [7, 11) is 0. The predicted octanol–water partition coefficient (Wildman–Crippen LogP) is 16.6. The molecule has 15 aromatic rings. The number of nitrogens with zero attached hydrogens (tertiary/aromatic N) is 5. The number of fused-ring (bicyclic) bond motifs is 15. The van der Waals surface area contributed by atoms with Gasteiger partial charge in [0.25, 0.3) is 0 Å². The average molecular weight is 878 g/mol. The molecule has 0 unspecified atom stereocenters. The molecule has 0 saturated carbocycles. The number of rotatable bonds is 5. The van der Waals surface area contributed by atoms with Crippen LogP contribution in [0.3, 0.4) is 0 Å². The second-order valence-electron chi connectivity index (χ2n) is 18.1. The molecule has 0 atom stereocenters. The molecule has 0 fully saturated rings. The lowest BCUT2D eigenvalue weighted by molar-refractivity contribution is 0.985. The monoisotopic (exact) mass is 877 g/mol. The third kappa shape index (κ3) is 5.47. The average Bonchev–Trinajstić information content (AvgIpc) is 4.07. The van der Waals surface area contributed by atoms with Gasteiger partial charge in [-0.05, 0) is 92.5 Å². The Balaban J connectivity index is 1.17. The molecule has 69 heavy (non-hydrogen) atoms. The highest BCUT2D eigenvalue weighted by molar-refractivity contribution is 6.24. The van der Waals surface area contributed by atoms with Gasteiger partial charge in [0.1, 0.15) is 5.82 Å². The van der Waals surface area contributed by atoms with Gasteiger partial charge in [-0.2, -0.15) is 0 Å². The summed E-state index contributed by atoms with van der Waals surface area (Å²) in [6, 6.07) is 83.8. The molecular formula is C64H39N5. The fraction of sp³-hybridized carbons (Fsp3) is 0. The zero-order valence-electron chi connectivity index (χ0n) is 37.3. The van der Waals surface area contributed by atoms with Crippen molar-refractivity contribution >= 4 is 97.7 Å². The van der Waals surface area contributed by atoms with E-state index in [1.165, 1.54) is 64.6 Å². The first-order valence-electron chi connectivity index (χ1n) is 23.6. The van der Waals surface area contributed by atoms with Gasteiger partial charge in [0, 0.05) is 49.6 Å². The van der Waals surface area contributed by atoms with E-state index in [1.54, 1.807) is 0 Å². The Labute approximate surface area is 396 Å². The molecule has 0 amide bonds. The Hall–Kier alpha value is -9.32. The Kier molecular flexibility index (Phi) is 8.00. The fourth-order valence-corrected chi connectivity index (χ4v) is 11.5. The molecule has 0 N–H and O–H groups in total. The SMILES string of the molecule is c1ccc(-c2ccc(-c3cc(-n4c5ccccc5c5c6ccccc6ccc54)nc(-n4c5ccccc5c5c6ccccc6ccc54)c3-n3c4ccccc4c4c5ccccc5ccc43)cc2)nc1. The maximum Gasteiger partial charge on any atom is 0.165 e. The third-order valence-corrected chi connectivity index (χ3v) is 14.5. The van der Waals surface area contributed by atoms with Gasteiger partial charge in [-0.15, -0.1) is 0 Å². The first-order valence-corrected chi connectivity index (χ1v) is 23.6. The summed E-state index contributed by atoms with van der Waals surface area (Å²) in [6.45, 7) is 0. The van der Waals surface area contributed by atoms with Crippen LogP contribution in [0.4, 0.5) is 0 Å². The highest BCUT2D eigenvalue weighted by Crippen LogP contribution is 2.46. The minimum Gasteiger partial charge on any atom is -0.305 e. The van der Waals surface area contributed by atoms with Gasteiger partial charge in [-0.25, -0.2) is 4.98 Å². The molecule has 5 heteroatoms. The van der Waals surface area contributed by atoms with Gasteiger partial charge in [0.15, 0.2) is 5.82 Å². The topological polar surface area (TPSA) is 40.6 Å². The van der Waals surface area contributed by atoms with E-state index in [0.29, 0.717) is 0 Å².